The minimum absolute atomic E-state index is 0.0196. The van der Waals surface area contributed by atoms with Crippen LogP contribution in [0.4, 0.5) is 0 Å². The smallest absolute Gasteiger partial charge is 0.240 e. The lowest BCUT2D eigenvalue weighted by Gasteiger charge is -2.35. The number of nitrogens with one attached hydrogen (secondary N) is 1. The molecule has 90 valence electrons. The summed E-state index contributed by atoms with van der Waals surface area (Å²) in [6, 6.07) is -0.0196. The molecule has 0 unspecified atom stereocenters. The zero-order valence-electron chi connectivity index (χ0n) is 9.44. The average molecular weight is 243 g/mol. The predicted molar refractivity (Wildman–Crippen MR) is 63.1 cm³/mol. The van der Waals surface area contributed by atoms with Crippen molar-refractivity contribution >= 4 is 23.6 Å². The molecule has 0 saturated carbocycles. The molecule has 2 rings (SSSR count). The quantitative estimate of drug-likeness (QED) is 0.664. The third-order valence-electron chi connectivity index (χ3n) is 3.05. The van der Waals surface area contributed by atoms with Gasteiger partial charge in [0, 0.05) is 44.7 Å². The molecule has 1 atom stereocenters. The number of carbonyl (C=O) groups excluding carboxylic acids is 2. The number of piperazine rings is 1. The average Bonchev–Trinajstić information content (AvgIpc) is 2.81. The number of hydrogen-bond donors (Lipinski definition) is 1. The van der Waals surface area contributed by atoms with E-state index in [1.807, 2.05) is 4.90 Å². The van der Waals surface area contributed by atoms with E-state index >= 15 is 0 Å². The Hall–Kier alpha value is -0.750. The van der Waals surface area contributed by atoms with Crippen molar-refractivity contribution in [3.8, 4) is 0 Å². The van der Waals surface area contributed by atoms with Crippen molar-refractivity contribution in [2.24, 2.45) is 0 Å². The van der Waals surface area contributed by atoms with E-state index in [1.54, 1.807) is 23.6 Å². The monoisotopic (exact) mass is 243 g/mol. The first-order chi connectivity index (χ1) is 7.68. The molecule has 2 aliphatic heterocycles. The lowest BCUT2D eigenvalue weighted by Crippen LogP contribution is -2.54. The second-order valence-corrected chi connectivity index (χ2v) is 5.13. The van der Waals surface area contributed by atoms with Crippen LogP contribution in [0.2, 0.25) is 0 Å². The van der Waals surface area contributed by atoms with Gasteiger partial charge in [0.05, 0.1) is 6.04 Å². The number of carbonyl (C=O) groups is 2. The van der Waals surface area contributed by atoms with Gasteiger partial charge in [0.15, 0.2) is 0 Å². The Labute approximate surface area is 99.5 Å². The van der Waals surface area contributed by atoms with Gasteiger partial charge >= 0.3 is 0 Å². The van der Waals surface area contributed by atoms with Gasteiger partial charge in [-0.25, -0.2) is 0 Å². The minimum Gasteiger partial charge on any atom is -0.339 e. The highest BCUT2D eigenvalue weighted by Gasteiger charge is 2.29. The second kappa shape index (κ2) is 5.05. The molecule has 0 aliphatic carbocycles. The van der Waals surface area contributed by atoms with Gasteiger partial charge < -0.3 is 9.80 Å². The summed E-state index contributed by atoms with van der Waals surface area (Å²) in [7, 11) is 0. The normalized spacial score (nSPS) is 25.9. The van der Waals surface area contributed by atoms with Gasteiger partial charge in [0.2, 0.25) is 11.8 Å². The van der Waals surface area contributed by atoms with Crippen LogP contribution in [-0.4, -0.2) is 65.5 Å². The van der Waals surface area contributed by atoms with Crippen molar-refractivity contribution in [3.05, 3.63) is 0 Å². The van der Waals surface area contributed by atoms with Gasteiger partial charge in [-0.05, 0) is 0 Å². The summed E-state index contributed by atoms with van der Waals surface area (Å²) in [5.41, 5.74) is 0. The fraction of sp³-hybridized carbons (Fsp3) is 0.800. The standard InChI is InChI=1S/C10H17N3O2S/c1-8(14)12-2-4-13(5-3-12)10(15)9-6-16-7-11-9/h9,11H,2-7H2,1H3/t9-/m1/s1. The van der Waals surface area contributed by atoms with E-state index in [0.29, 0.717) is 26.2 Å². The Kier molecular flexibility index (Phi) is 3.70. The second-order valence-electron chi connectivity index (χ2n) is 4.10. The molecule has 0 bridgehead atoms. The maximum atomic E-state index is 12.0. The number of amides is 2. The molecule has 6 heteroatoms. The molecule has 2 aliphatic rings. The zero-order chi connectivity index (χ0) is 11.5. The van der Waals surface area contributed by atoms with Gasteiger partial charge in [-0.3, -0.25) is 14.9 Å². The molecular weight excluding hydrogens is 226 g/mol. The maximum absolute atomic E-state index is 12.0. The van der Waals surface area contributed by atoms with Crippen molar-refractivity contribution in [1.29, 1.82) is 0 Å². The Morgan fingerprint density at radius 3 is 2.31 bits per heavy atom. The van der Waals surface area contributed by atoms with Crippen LogP contribution in [-0.2, 0) is 9.59 Å². The van der Waals surface area contributed by atoms with Crippen LogP contribution in [0.25, 0.3) is 0 Å². The van der Waals surface area contributed by atoms with E-state index < -0.39 is 0 Å². The highest BCUT2D eigenvalue weighted by atomic mass is 32.2. The van der Waals surface area contributed by atoms with Crippen LogP contribution < -0.4 is 5.32 Å². The third kappa shape index (κ3) is 2.49. The van der Waals surface area contributed by atoms with Crippen molar-refractivity contribution in [2.45, 2.75) is 13.0 Å². The number of hydrogen-bond acceptors (Lipinski definition) is 4. The van der Waals surface area contributed by atoms with Crippen LogP contribution in [0, 0.1) is 0 Å². The summed E-state index contributed by atoms with van der Waals surface area (Å²) < 4.78 is 0. The van der Waals surface area contributed by atoms with Crippen LogP contribution in [0.1, 0.15) is 6.92 Å². The van der Waals surface area contributed by atoms with E-state index in [-0.39, 0.29) is 17.9 Å². The molecular formula is C10H17N3O2S. The molecule has 2 fully saturated rings. The van der Waals surface area contributed by atoms with E-state index in [1.165, 1.54) is 0 Å². The summed E-state index contributed by atoms with van der Waals surface area (Å²) in [5, 5.41) is 3.18. The Morgan fingerprint density at radius 1 is 1.19 bits per heavy atom. The number of nitrogens with zero attached hydrogens (tertiary/aromatic N) is 2. The van der Waals surface area contributed by atoms with E-state index in [2.05, 4.69) is 5.32 Å². The maximum Gasteiger partial charge on any atom is 0.240 e. The van der Waals surface area contributed by atoms with Crippen LogP contribution in [0.3, 0.4) is 0 Å². The summed E-state index contributed by atoms with van der Waals surface area (Å²) in [4.78, 5) is 26.8. The van der Waals surface area contributed by atoms with Gasteiger partial charge in [-0.2, -0.15) is 0 Å². The molecule has 16 heavy (non-hydrogen) atoms. The largest absolute Gasteiger partial charge is 0.339 e. The molecule has 2 amide bonds. The van der Waals surface area contributed by atoms with Gasteiger partial charge in [0.25, 0.3) is 0 Å². The highest BCUT2D eigenvalue weighted by Crippen LogP contribution is 2.13. The SMILES string of the molecule is CC(=O)N1CCN(C(=O)[C@H]2CSCN2)CC1. The van der Waals surface area contributed by atoms with Crippen molar-refractivity contribution in [3.63, 3.8) is 0 Å². The molecule has 0 spiro atoms. The molecule has 2 saturated heterocycles. The molecule has 0 aromatic carbocycles. The fourth-order valence-corrected chi connectivity index (χ4v) is 2.95. The first-order valence-corrected chi connectivity index (χ1v) is 6.69. The summed E-state index contributed by atoms with van der Waals surface area (Å²) in [6.45, 7) is 4.25. The predicted octanol–water partition coefficient (Wildman–Crippen LogP) is -0.660. The van der Waals surface area contributed by atoms with Crippen molar-refractivity contribution in [2.75, 3.05) is 37.8 Å². The molecule has 0 aromatic rings. The highest BCUT2D eigenvalue weighted by molar-refractivity contribution is 7.99. The fourth-order valence-electron chi connectivity index (χ4n) is 2.02. The van der Waals surface area contributed by atoms with Crippen LogP contribution >= 0.6 is 11.8 Å². The summed E-state index contributed by atoms with van der Waals surface area (Å²) in [5.74, 6) is 2.02. The Morgan fingerprint density at radius 2 is 1.81 bits per heavy atom. The third-order valence-corrected chi connectivity index (χ3v) is 3.99. The molecule has 2 heterocycles. The summed E-state index contributed by atoms with van der Waals surface area (Å²) >= 11 is 1.76. The summed E-state index contributed by atoms with van der Waals surface area (Å²) in [6.07, 6.45) is 0. The number of rotatable bonds is 1. The van der Waals surface area contributed by atoms with Crippen molar-refractivity contribution in [1.82, 2.24) is 15.1 Å². The lowest BCUT2D eigenvalue weighted by molar-refractivity contribution is -0.139. The van der Waals surface area contributed by atoms with Gasteiger partial charge in [-0.15, -0.1) is 11.8 Å². The first kappa shape index (κ1) is 11.7. The minimum atomic E-state index is -0.0196. The molecule has 1 N–H and O–H groups in total. The Bertz CT molecular complexity index is 284. The molecule has 0 radical (unpaired) electrons. The first-order valence-electron chi connectivity index (χ1n) is 5.54. The topological polar surface area (TPSA) is 52.7 Å². The van der Waals surface area contributed by atoms with Crippen LogP contribution in [0.5, 0.6) is 0 Å². The van der Waals surface area contributed by atoms with E-state index in [4.69, 9.17) is 0 Å². The lowest BCUT2D eigenvalue weighted by atomic mass is 10.2. The molecule has 5 nitrogen and oxygen atoms in total. The zero-order valence-corrected chi connectivity index (χ0v) is 10.3. The van der Waals surface area contributed by atoms with Crippen LogP contribution in [0.15, 0.2) is 0 Å². The van der Waals surface area contributed by atoms with E-state index in [0.717, 1.165) is 11.6 Å². The molecule has 0 aromatic heterocycles. The van der Waals surface area contributed by atoms with Gasteiger partial charge in [0.1, 0.15) is 0 Å². The van der Waals surface area contributed by atoms with Crippen molar-refractivity contribution < 1.29 is 9.59 Å². The Balaban J connectivity index is 1.84. The van der Waals surface area contributed by atoms with Gasteiger partial charge in [-0.1, -0.05) is 0 Å². The number of thioether (sulfide) groups is 1. The van der Waals surface area contributed by atoms with E-state index in [9.17, 15) is 9.59 Å².